The first-order valence-corrected chi connectivity index (χ1v) is 6.90. The summed E-state index contributed by atoms with van der Waals surface area (Å²) in [4.78, 5) is 12.0. The largest absolute Gasteiger partial charge is 0.398 e. The third-order valence-corrected chi connectivity index (χ3v) is 4.04. The Balaban J connectivity index is 1.96. The monoisotopic (exact) mass is 332 g/mol. The van der Waals surface area contributed by atoms with E-state index in [9.17, 15) is 13.6 Å². The Morgan fingerprint density at radius 3 is 2.58 bits per heavy atom. The second-order valence-corrected chi connectivity index (χ2v) is 5.71. The van der Waals surface area contributed by atoms with Crippen LogP contribution in [-0.2, 0) is 4.79 Å². The molecule has 6 heteroatoms. The quantitative estimate of drug-likeness (QED) is 0.809. The molecule has 1 aromatic carbocycles. The van der Waals surface area contributed by atoms with Gasteiger partial charge in [0.1, 0.15) is 0 Å². The highest BCUT2D eigenvalue weighted by atomic mass is 79.9. The van der Waals surface area contributed by atoms with Crippen LogP contribution in [0.3, 0.4) is 0 Å². The van der Waals surface area contributed by atoms with Gasteiger partial charge in [-0.1, -0.05) is 0 Å². The molecule has 1 saturated carbocycles. The maximum absolute atomic E-state index is 13.0. The van der Waals surface area contributed by atoms with Crippen molar-refractivity contribution in [2.75, 3.05) is 11.1 Å². The maximum atomic E-state index is 13.0. The van der Waals surface area contributed by atoms with E-state index in [1.54, 1.807) is 18.2 Å². The summed E-state index contributed by atoms with van der Waals surface area (Å²) >= 11 is 3.27. The molecule has 0 aromatic heterocycles. The van der Waals surface area contributed by atoms with Gasteiger partial charge in [-0.15, -0.1) is 0 Å². The van der Waals surface area contributed by atoms with Crippen molar-refractivity contribution in [1.29, 1.82) is 0 Å². The molecule has 3 N–H and O–H groups in total. The lowest BCUT2D eigenvalue weighted by Crippen LogP contribution is -2.31. The zero-order valence-corrected chi connectivity index (χ0v) is 11.8. The van der Waals surface area contributed by atoms with E-state index in [2.05, 4.69) is 21.2 Å². The first-order valence-electron chi connectivity index (χ1n) is 6.11. The standard InChI is InChI=1S/C13H15BrF2N2O/c14-10-7-9(1-2-11(10)17)18-12(19)8-3-5-13(15,16)6-4-8/h1-2,7-8H,3-6,17H2,(H,18,19). The Hall–Kier alpha value is -1.17. The van der Waals surface area contributed by atoms with E-state index >= 15 is 0 Å². The number of halogens is 3. The molecule has 1 aliphatic carbocycles. The predicted molar refractivity (Wildman–Crippen MR) is 74.1 cm³/mol. The molecule has 0 radical (unpaired) electrons. The minimum atomic E-state index is -2.61. The van der Waals surface area contributed by atoms with Crippen molar-refractivity contribution in [1.82, 2.24) is 0 Å². The highest BCUT2D eigenvalue weighted by molar-refractivity contribution is 9.10. The fourth-order valence-electron chi connectivity index (χ4n) is 2.15. The summed E-state index contributed by atoms with van der Waals surface area (Å²) in [6.07, 6.45) is 0.0387. The molecule has 3 nitrogen and oxygen atoms in total. The molecule has 0 spiro atoms. The number of nitrogens with two attached hydrogens (primary N) is 1. The minimum absolute atomic E-state index is 0.202. The van der Waals surface area contributed by atoms with Crippen LogP contribution in [-0.4, -0.2) is 11.8 Å². The molecule has 1 aliphatic rings. The summed E-state index contributed by atoms with van der Waals surface area (Å²) < 4.78 is 26.7. The van der Waals surface area contributed by atoms with Crippen molar-refractivity contribution in [3.8, 4) is 0 Å². The van der Waals surface area contributed by atoms with Crippen molar-refractivity contribution in [2.24, 2.45) is 5.92 Å². The average Bonchev–Trinajstić information content (AvgIpc) is 2.33. The van der Waals surface area contributed by atoms with Crippen LogP contribution < -0.4 is 11.1 Å². The number of hydrogen-bond donors (Lipinski definition) is 2. The molecule has 1 amide bonds. The van der Waals surface area contributed by atoms with Gasteiger partial charge in [0, 0.05) is 34.6 Å². The van der Waals surface area contributed by atoms with Crippen LogP contribution in [0, 0.1) is 5.92 Å². The van der Waals surface area contributed by atoms with Crippen molar-refractivity contribution in [3.63, 3.8) is 0 Å². The third kappa shape index (κ3) is 3.65. The maximum Gasteiger partial charge on any atom is 0.248 e. The lowest BCUT2D eigenvalue weighted by atomic mass is 9.86. The number of anilines is 2. The number of carbonyl (C=O) groups excluding carboxylic acids is 1. The fourth-order valence-corrected chi connectivity index (χ4v) is 2.53. The Bertz CT molecular complexity index is 484. The summed E-state index contributed by atoms with van der Waals surface area (Å²) in [5.41, 5.74) is 6.84. The van der Waals surface area contributed by atoms with Gasteiger partial charge >= 0.3 is 0 Å². The zero-order valence-electron chi connectivity index (χ0n) is 10.3. The van der Waals surface area contributed by atoms with Crippen LogP contribution in [0.25, 0.3) is 0 Å². The highest BCUT2D eigenvalue weighted by Crippen LogP contribution is 2.36. The van der Waals surface area contributed by atoms with Gasteiger partial charge in [0.2, 0.25) is 11.8 Å². The number of nitrogens with one attached hydrogen (secondary N) is 1. The normalized spacial score (nSPS) is 19.1. The molecular weight excluding hydrogens is 318 g/mol. The number of alkyl halides is 2. The molecule has 1 aromatic rings. The number of benzene rings is 1. The Labute approximate surface area is 118 Å². The van der Waals surface area contributed by atoms with Crippen LogP contribution in [0.2, 0.25) is 0 Å². The Morgan fingerprint density at radius 1 is 1.37 bits per heavy atom. The summed E-state index contributed by atoms with van der Waals surface area (Å²) in [7, 11) is 0. The first kappa shape index (κ1) is 14.2. The van der Waals surface area contributed by atoms with Crippen molar-refractivity contribution >= 4 is 33.2 Å². The predicted octanol–water partition coefficient (Wildman–Crippen LogP) is 3.80. The van der Waals surface area contributed by atoms with E-state index in [1.165, 1.54) is 0 Å². The molecule has 0 saturated heterocycles. The third-order valence-electron chi connectivity index (χ3n) is 3.36. The smallest absolute Gasteiger partial charge is 0.248 e. The lowest BCUT2D eigenvalue weighted by molar-refractivity contribution is -0.124. The summed E-state index contributed by atoms with van der Waals surface area (Å²) in [6.45, 7) is 0. The topological polar surface area (TPSA) is 55.1 Å². The molecule has 0 aliphatic heterocycles. The first-order chi connectivity index (χ1) is 8.87. The van der Waals surface area contributed by atoms with Crippen molar-refractivity contribution in [2.45, 2.75) is 31.6 Å². The number of nitrogen functional groups attached to an aromatic ring is 1. The van der Waals surface area contributed by atoms with Gasteiger partial charge < -0.3 is 11.1 Å². The van der Waals surface area contributed by atoms with E-state index in [-0.39, 0.29) is 37.5 Å². The van der Waals surface area contributed by atoms with E-state index in [4.69, 9.17) is 5.73 Å². The molecule has 104 valence electrons. The van der Waals surface area contributed by atoms with Crippen LogP contribution in [0.5, 0.6) is 0 Å². The van der Waals surface area contributed by atoms with Crippen LogP contribution >= 0.6 is 15.9 Å². The van der Waals surface area contributed by atoms with Gasteiger partial charge in [-0.05, 0) is 47.0 Å². The van der Waals surface area contributed by atoms with Gasteiger partial charge in [0.25, 0.3) is 0 Å². The van der Waals surface area contributed by atoms with E-state index in [1.807, 2.05) is 0 Å². The van der Waals surface area contributed by atoms with Crippen LogP contribution in [0.15, 0.2) is 22.7 Å². The molecule has 19 heavy (non-hydrogen) atoms. The molecule has 1 fully saturated rings. The van der Waals surface area contributed by atoms with Gasteiger partial charge in [-0.25, -0.2) is 8.78 Å². The Kier molecular flexibility index (Phi) is 4.08. The number of rotatable bonds is 2. The van der Waals surface area contributed by atoms with Gasteiger partial charge in [0.05, 0.1) is 0 Å². The van der Waals surface area contributed by atoms with Gasteiger partial charge in [-0.2, -0.15) is 0 Å². The second-order valence-electron chi connectivity index (χ2n) is 4.86. The highest BCUT2D eigenvalue weighted by Gasteiger charge is 2.37. The minimum Gasteiger partial charge on any atom is -0.398 e. The summed E-state index contributed by atoms with van der Waals surface area (Å²) in [5.74, 6) is -3.15. The average molecular weight is 333 g/mol. The number of amides is 1. The molecule has 0 heterocycles. The summed E-state index contributed by atoms with van der Waals surface area (Å²) in [5, 5.41) is 2.74. The molecular formula is C13H15BrF2N2O. The molecule has 0 bridgehead atoms. The fraction of sp³-hybridized carbons (Fsp3) is 0.462. The molecule has 2 rings (SSSR count). The lowest BCUT2D eigenvalue weighted by Gasteiger charge is -2.27. The van der Waals surface area contributed by atoms with Crippen molar-refractivity contribution in [3.05, 3.63) is 22.7 Å². The zero-order chi connectivity index (χ0) is 14.0. The van der Waals surface area contributed by atoms with Crippen LogP contribution in [0.1, 0.15) is 25.7 Å². The SMILES string of the molecule is Nc1ccc(NC(=O)C2CCC(F)(F)CC2)cc1Br. The Morgan fingerprint density at radius 2 is 2.00 bits per heavy atom. The van der Waals surface area contributed by atoms with Crippen molar-refractivity contribution < 1.29 is 13.6 Å². The van der Waals surface area contributed by atoms with Gasteiger partial charge in [0.15, 0.2) is 0 Å². The van der Waals surface area contributed by atoms with E-state index in [0.29, 0.717) is 15.8 Å². The number of hydrogen-bond acceptors (Lipinski definition) is 2. The van der Waals surface area contributed by atoms with Crippen LogP contribution in [0.4, 0.5) is 20.2 Å². The summed E-state index contributed by atoms with van der Waals surface area (Å²) in [6, 6.07) is 5.06. The van der Waals surface area contributed by atoms with Gasteiger partial charge in [-0.3, -0.25) is 4.79 Å². The number of carbonyl (C=O) groups is 1. The van der Waals surface area contributed by atoms with E-state index < -0.39 is 5.92 Å². The molecule has 0 unspecified atom stereocenters. The molecule has 0 atom stereocenters. The second kappa shape index (κ2) is 5.45. The van der Waals surface area contributed by atoms with E-state index in [0.717, 1.165) is 0 Å².